The van der Waals surface area contributed by atoms with Crippen molar-refractivity contribution in [2.75, 3.05) is 6.61 Å². The van der Waals surface area contributed by atoms with E-state index in [2.05, 4.69) is 5.32 Å². The van der Waals surface area contributed by atoms with E-state index in [0.29, 0.717) is 31.1 Å². The Morgan fingerprint density at radius 3 is 2.54 bits per heavy atom. The molecule has 0 spiro atoms. The van der Waals surface area contributed by atoms with Gasteiger partial charge in [-0.05, 0) is 36.2 Å². The van der Waals surface area contributed by atoms with Gasteiger partial charge in [-0.25, -0.2) is 0 Å². The van der Waals surface area contributed by atoms with Gasteiger partial charge in [-0.15, -0.1) is 0 Å². The summed E-state index contributed by atoms with van der Waals surface area (Å²) in [4.78, 5) is 22.4. The molecule has 2 rings (SSSR count). The van der Waals surface area contributed by atoms with Crippen LogP contribution in [0, 0.1) is 0 Å². The van der Waals surface area contributed by atoms with Crippen LogP contribution in [0.25, 0.3) is 0 Å². The zero-order chi connectivity index (χ0) is 17.4. The van der Waals surface area contributed by atoms with Crippen molar-refractivity contribution in [3.05, 3.63) is 53.5 Å². The zero-order valence-corrected chi connectivity index (χ0v) is 13.6. The van der Waals surface area contributed by atoms with Crippen molar-refractivity contribution in [1.29, 1.82) is 0 Å². The van der Waals surface area contributed by atoms with E-state index in [-0.39, 0.29) is 12.3 Å². The number of carbonyl (C=O) groups is 2. The summed E-state index contributed by atoms with van der Waals surface area (Å²) in [5.74, 6) is 0.694. The Morgan fingerprint density at radius 2 is 1.92 bits per heavy atom. The molecule has 128 valence electrons. The van der Waals surface area contributed by atoms with Crippen molar-refractivity contribution in [3.63, 3.8) is 0 Å². The lowest BCUT2D eigenvalue weighted by Gasteiger charge is -2.07. The van der Waals surface area contributed by atoms with Crippen LogP contribution in [0.1, 0.15) is 41.6 Å². The Labute approximate surface area is 140 Å². The molecule has 1 amide bonds. The maximum Gasteiger partial charge on any atom is 0.303 e. The predicted molar refractivity (Wildman–Crippen MR) is 88.1 cm³/mol. The highest BCUT2D eigenvalue weighted by atomic mass is 16.5. The molecule has 2 N–H and O–H groups in total. The number of ether oxygens (including phenoxy) is 1. The number of carboxylic acids is 1. The van der Waals surface area contributed by atoms with Gasteiger partial charge in [0.25, 0.3) is 5.91 Å². The normalized spacial score (nSPS) is 10.4. The molecule has 0 aliphatic carbocycles. The number of hydrogen-bond acceptors (Lipinski definition) is 4. The van der Waals surface area contributed by atoms with Crippen molar-refractivity contribution >= 4 is 11.9 Å². The number of aliphatic carboxylic acids is 1. The van der Waals surface area contributed by atoms with Crippen molar-refractivity contribution in [1.82, 2.24) is 5.32 Å². The van der Waals surface area contributed by atoms with E-state index in [0.717, 1.165) is 17.7 Å². The number of benzene rings is 1. The average Bonchev–Trinajstić information content (AvgIpc) is 3.07. The summed E-state index contributed by atoms with van der Waals surface area (Å²) in [6.45, 7) is 2.72. The largest absolute Gasteiger partial charge is 0.494 e. The molecule has 6 heteroatoms. The first-order chi connectivity index (χ1) is 11.6. The fourth-order valence-electron chi connectivity index (χ4n) is 2.08. The highest BCUT2D eigenvalue weighted by Crippen LogP contribution is 2.13. The van der Waals surface area contributed by atoms with Crippen LogP contribution < -0.4 is 10.1 Å². The minimum atomic E-state index is -0.827. The summed E-state index contributed by atoms with van der Waals surface area (Å²) in [6.07, 6.45) is 1.31. The number of amides is 1. The van der Waals surface area contributed by atoms with Gasteiger partial charge in [0, 0.05) is 19.4 Å². The minimum Gasteiger partial charge on any atom is -0.494 e. The van der Waals surface area contributed by atoms with Crippen molar-refractivity contribution in [2.45, 2.75) is 32.7 Å². The van der Waals surface area contributed by atoms with Gasteiger partial charge in [-0.2, -0.15) is 0 Å². The highest BCUT2D eigenvalue weighted by Gasteiger charge is 2.10. The lowest BCUT2D eigenvalue weighted by molar-refractivity contribution is -0.137. The van der Waals surface area contributed by atoms with Crippen molar-refractivity contribution in [2.24, 2.45) is 0 Å². The van der Waals surface area contributed by atoms with Gasteiger partial charge in [0.15, 0.2) is 5.76 Å². The summed E-state index contributed by atoms with van der Waals surface area (Å²) < 4.78 is 10.9. The third-order valence-electron chi connectivity index (χ3n) is 3.41. The Kier molecular flexibility index (Phi) is 6.42. The Morgan fingerprint density at radius 1 is 1.17 bits per heavy atom. The fraction of sp³-hybridized carbons (Fsp3) is 0.333. The molecule has 0 bridgehead atoms. The molecule has 0 aliphatic heterocycles. The number of nitrogens with one attached hydrogen (secondary N) is 1. The van der Waals surface area contributed by atoms with E-state index in [1.54, 1.807) is 24.3 Å². The van der Waals surface area contributed by atoms with Gasteiger partial charge in [0.2, 0.25) is 0 Å². The standard InChI is InChI=1S/C18H21NO5/c1-2-14-9-10-16(24-14)18(22)19-12-13-5-7-15(8-6-13)23-11-3-4-17(20)21/h5-10H,2-4,11-12H2,1H3,(H,19,22)(H,20,21). The Balaban J connectivity index is 1.77. The molecular formula is C18H21NO5. The third kappa shape index (κ3) is 5.46. The highest BCUT2D eigenvalue weighted by molar-refractivity contribution is 5.91. The second-order valence-electron chi connectivity index (χ2n) is 5.29. The van der Waals surface area contributed by atoms with Crippen LogP contribution in [0.5, 0.6) is 5.75 Å². The van der Waals surface area contributed by atoms with E-state index >= 15 is 0 Å². The molecule has 0 saturated carbocycles. The van der Waals surface area contributed by atoms with E-state index in [1.165, 1.54) is 0 Å². The molecule has 0 saturated heterocycles. The molecule has 6 nitrogen and oxygen atoms in total. The molecule has 1 heterocycles. The van der Waals surface area contributed by atoms with Gasteiger partial charge in [0.1, 0.15) is 11.5 Å². The van der Waals surface area contributed by atoms with E-state index in [4.69, 9.17) is 14.3 Å². The maximum absolute atomic E-state index is 12.0. The Hall–Kier alpha value is -2.76. The molecule has 0 fully saturated rings. The summed E-state index contributed by atoms with van der Waals surface area (Å²) in [6, 6.07) is 10.8. The molecule has 1 aromatic carbocycles. The number of rotatable bonds is 9. The predicted octanol–water partition coefficient (Wildman–Crippen LogP) is 3.02. The summed E-state index contributed by atoms with van der Waals surface area (Å²) >= 11 is 0. The average molecular weight is 331 g/mol. The molecule has 24 heavy (non-hydrogen) atoms. The first-order valence-electron chi connectivity index (χ1n) is 7.89. The lowest BCUT2D eigenvalue weighted by atomic mass is 10.2. The summed E-state index contributed by atoms with van der Waals surface area (Å²) in [7, 11) is 0. The van der Waals surface area contributed by atoms with E-state index < -0.39 is 5.97 Å². The summed E-state index contributed by atoms with van der Waals surface area (Å²) in [5, 5.41) is 11.4. The fourth-order valence-corrected chi connectivity index (χ4v) is 2.08. The quantitative estimate of drug-likeness (QED) is 0.690. The number of hydrogen-bond donors (Lipinski definition) is 2. The minimum absolute atomic E-state index is 0.0939. The summed E-state index contributed by atoms with van der Waals surface area (Å²) in [5.41, 5.74) is 0.934. The Bertz CT molecular complexity index is 675. The van der Waals surface area contributed by atoms with Gasteiger partial charge in [-0.3, -0.25) is 9.59 Å². The topological polar surface area (TPSA) is 88.8 Å². The van der Waals surface area contributed by atoms with Crippen molar-refractivity contribution in [3.8, 4) is 5.75 Å². The maximum atomic E-state index is 12.0. The molecule has 0 unspecified atom stereocenters. The molecule has 0 atom stereocenters. The van der Waals surface area contributed by atoms with E-state index in [9.17, 15) is 9.59 Å². The van der Waals surface area contributed by atoms with Crippen LogP contribution >= 0.6 is 0 Å². The van der Waals surface area contributed by atoms with Crippen LogP contribution in [-0.2, 0) is 17.8 Å². The molecular weight excluding hydrogens is 310 g/mol. The van der Waals surface area contributed by atoms with Crippen LogP contribution in [0.2, 0.25) is 0 Å². The molecule has 2 aromatic rings. The zero-order valence-electron chi connectivity index (χ0n) is 13.6. The first-order valence-corrected chi connectivity index (χ1v) is 7.89. The second-order valence-corrected chi connectivity index (χ2v) is 5.29. The lowest BCUT2D eigenvalue weighted by Crippen LogP contribution is -2.22. The third-order valence-corrected chi connectivity index (χ3v) is 3.41. The molecule has 0 aliphatic rings. The number of aryl methyl sites for hydroxylation is 1. The second kappa shape index (κ2) is 8.76. The SMILES string of the molecule is CCc1ccc(C(=O)NCc2ccc(OCCCC(=O)O)cc2)o1. The molecule has 1 aromatic heterocycles. The van der Waals surface area contributed by atoms with Crippen LogP contribution in [-0.4, -0.2) is 23.6 Å². The molecule has 0 radical (unpaired) electrons. The monoisotopic (exact) mass is 331 g/mol. The first kappa shape index (κ1) is 17.6. The van der Waals surface area contributed by atoms with Crippen LogP contribution in [0.15, 0.2) is 40.8 Å². The van der Waals surface area contributed by atoms with Crippen LogP contribution in [0.3, 0.4) is 0 Å². The van der Waals surface area contributed by atoms with Crippen LogP contribution in [0.4, 0.5) is 0 Å². The smallest absolute Gasteiger partial charge is 0.303 e. The number of carboxylic acid groups (broad SMARTS) is 1. The van der Waals surface area contributed by atoms with Gasteiger partial charge < -0.3 is 19.6 Å². The van der Waals surface area contributed by atoms with Gasteiger partial charge in [-0.1, -0.05) is 19.1 Å². The van der Waals surface area contributed by atoms with E-state index in [1.807, 2.05) is 19.1 Å². The number of furan rings is 1. The van der Waals surface area contributed by atoms with Gasteiger partial charge in [0.05, 0.1) is 6.61 Å². The van der Waals surface area contributed by atoms with Crippen molar-refractivity contribution < 1.29 is 23.8 Å². The number of carbonyl (C=O) groups excluding carboxylic acids is 1. The van der Waals surface area contributed by atoms with Gasteiger partial charge >= 0.3 is 5.97 Å².